The predicted molar refractivity (Wildman–Crippen MR) is 188 cm³/mol. The summed E-state index contributed by atoms with van der Waals surface area (Å²) in [6.07, 6.45) is 1.99. The molecule has 9 rings (SSSR count). The van der Waals surface area contributed by atoms with Crippen molar-refractivity contribution in [2.24, 2.45) is 0 Å². The topological polar surface area (TPSA) is 17.8 Å². The minimum absolute atomic E-state index is 0.983. The molecule has 0 radical (unpaired) electrons. The zero-order chi connectivity index (χ0) is 29.0. The molecule has 6 aromatic carbocycles. The Kier molecular flexibility index (Phi) is 5.71. The third-order valence-electron chi connectivity index (χ3n) is 8.66. The number of pyridine rings is 1. The second-order valence-corrected chi connectivity index (χ2v) is 12.3. The molecule has 0 spiro atoms. The minimum Gasteiger partial charge on any atom is -0.309 e. The molecule has 3 heterocycles. The van der Waals surface area contributed by atoms with E-state index < -0.39 is 0 Å². The van der Waals surface area contributed by atoms with Crippen LogP contribution in [-0.2, 0) is 0 Å². The van der Waals surface area contributed by atoms with Crippen molar-refractivity contribution in [3.05, 3.63) is 158 Å². The molecule has 0 fully saturated rings. The van der Waals surface area contributed by atoms with Crippen LogP contribution in [-0.4, -0.2) is 9.55 Å². The minimum atomic E-state index is 0.983. The highest BCUT2D eigenvalue weighted by Crippen LogP contribution is 2.40. The number of aromatic nitrogens is 2. The predicted octanol–water partition coefficient (Wildman–Crippen LogP) is 11.5. The molecule has 9 aromatic rings. The average Bonchev–Trinajstić information content (AvgIpc) is 3.63. The molecule has 0 aliphatic heterocycles. The van der Waals surface area contributed by atoms with Gasteiger partial charge in [0.05, 0.1) is 16.7 Å². The van der Waals surface area contributed by atoms with Gasteiger partial charge in [0.2, 0.25) is 0 Å². The van der Waals surface area contributed by atoms with Gasteiger partial charge in [0, 0.05) is 54.0 Å². The number of fused-ring (bicyclic) bond motifs is 6. The largest absolute Gasteiger partial charge is 0.309 e. The van der Waals surface area contributed by atoms with Crippen molar-refractivity contribution in [3.63, 3.8) is 0 Å². The van der Waals surface area contributed by atoms with Crippen LogP contribution in [0.2, 0.25) is 0 Å². The Morgan fingerprint density at radius 3 is 1.93 bits per heavy atom. The summed E-state index contributed by atoms with van der Waals surface area (Å²) < 4.78 is 5.07. The van der Waals surface area contributed by atoms with E-state index in [1.54, 1.807) is 0 Å². The summed E-state index contributed by atoms with van der Waals surface area (Å²) in [6, 6.07) is 54.6. The van der Waals surface area contributed by atoms with Gasteiger partial charge in [-0.05, 0) is 65.2 Å². The Morgan fingerprint density at radius 1 is 0.409 bits per heavy atom. The maximum absolute atomic E-state index is 4.81. The van der Waals surface area contributed by atoms with Gasteiger partial charge in [-0.1, -0.05) is 103 Å². The Hall–Kier alpha value is -5.51. The van der Waals surface area contributed by atoms with Crippen molar-refractivity contribution < 1.29 is 0 Å². The Balaban J connectivity index is 1.25. The molecule has 0 aliphatic carbocycles. The summed E-state index contributed by atoms with van der Waals surface area (Å²) >= 11 is 1.86. The fourth-order valence-corrected chi connectivity index (χ4v) is 7.57. The summed E-state index contributed by atoms with van der Waals surface area (Å²) in [4.78, 5) is 4.81. The molecular formula is C41H26N2S. The lowest BCUT2D eigenvalue weighted by atomic mass is 10.0. The van der Waals surface area contributed by atoms with Crippen LogP contribution in [0.25, 0.3) is 81.2 Å². The lowest BCUT2D eigenvalue weighted by Gasteiger charge is -2.10. The van der Waals surface area contributed by atoms with Crippen LogP contribution in [0.4, 0.5) is 0 Å². The molecule has 0 bridgehead atoms. The number of benzene rings is 6. The molecule has 2 nitrogen and oxygen atoms in total. The number of hydrogen-bond donors (Lipinski definition) is 0. The van der Waals surface area contributed by atoms with Crippen molar-refractivity contribution in [3.8, 4) is 39.2 Å². The smallest absolute Gasteiger partial charge is 0.0702 e. The lowest BCUT2D eigenvalue weighted by molar-refractivity contribution is 1.19. The standard InChI is InChI=1S/C41H26N2S/c1-3-9-27(10-4-1)30-15-19-33-35-23-29(31-16-20-37(42-26-31)28-11-5-2-6-12-28)17-21-38(35)43(39(33)24-30)32-18-22-41-36(25-32)34-13-7-8-14-40(34)44-41/h1-26H. The van der Waals surface area contributed by atoms with Crippen molar-refractivity contribution in [1.29, 1.82) is 0 Å². The Morgan fingerprint density at radius 2 is 1.11 bits per heavy atom. The highest BCUT2D eigenvalue weighted by molar-refractivity contribution is 7.25. The normalized spacial score (nSPS) is 11.6. The highest BCUT2D eigenvalue weighted by Gasteiger charge is 2.16. The third-order valence-corrected chi connectivity index (χ3v) is 9.81. The number of rotatable bonds is 4. The van der Waals surface area contributed by atoms with Crippen LogP contribution in [0.1, 0.15) is 0 Å². The van der Waals surface area contributed by atoms with Gasteiger partial charge in [0.1, 0.15) is 0 Å². The van der Waals surface area contributed by atoms with Gasteiger partial charge >= 0.3 is 0 Å². The molecular weight excluding hydrogens is 553 g/mol. The van der Waals surface area contributed by atoms with Gasteiger partial charge in [-0.2, -0.15) is 0 Å². The summed E-state index contributed by atoms with van der Waals surface area (Å²) in [7, 11) is 0. The van der Waals surface area contributed by atoms with Crippen molar-refractivity contribution in [2.45, 2.75) is 0 Å². The Labute approximate surface area is 259 Å². The monoisotopic (exact) mass is 578 g/mol. The molecule has 0 saturated heterocycles. The molecule has 0 unspecified atom stereocenters. The van der Waals surface area contributed by atoms with E-state index in [0.717, 1.165) is 22.4 Å². The maximum atomic E-state index is 4.81. The van der Waals surface area contributed by atoms with E-state index in [-0.39, 0.29) is 0 Å². The molecule has 0 amide bonds. The summed E-state index contributed by atoms with van der Waals surface area (Å²) in [5.41, 5.74) is 10.4. The van der Waals surface area contributed by atoms with E-state index in [1.807, 2.05) is 23.6 Å². The second-order valence-electron chi connectivity index (χ2n) is 11.2. The van der Waals surface area contributed by atoms with E-state index in [2.05, 4.69) is 150 Å². The first-order valence-electron chi connectivity index (χ1n) is 14.9. The van der Waals surface area contributed by atoms with Gasteiger partial charge in [-0.15, -0.1) is 11.3 Å². The summed E-state index contributed by atoms with van der Waals surface area (Å²) in [5, 5.41) is 5.09. The zero-order valence-corrected chi connectivity index (χ0v) is 24.6. The average molecular weight is 579 g/mol. The molecule has 0 atom stereocenters. The fourth-order valence-electron chi connectivity index (χ4n) is 6.49. The number of thiophene rings is 1. The quantitative estimate of drug-likeness (QED) is 0.203. The van der Waals surface area contributed by atoms with E-state index in [1.165, 1.54) is 58.8 Å². The van der Waals surface area contributed by atoms with Crippen LogP contribution in [0.3, 0.4) is 0 Å². The van der Waals surface area contributed by atoms with E-state index in [0.29, 0.717) is 0 Å². The number of nitrogens with zero attached hydrogens (tertiary/aromatic N) is 2. The Bertz CT molecular complexity index is 2470. The fraction of sp³-hybridized carbons (Fsp3) is 0. The van der Waals surface area contributed by atoms with Crippen LogP contribution in [0.5, 0.6) is 0 Å². The van der Waals surface area contributed by atoms with Gasteiger partial charge in [0.25, 0.3) is 0 Å². The SMILES string of the molecule is c1ccc(-c2ccc3c4cc(-c5ccc(-c6ccccc6)nc5)ccc4n(-c4ccc5sc6ccccc6c5c4)c3c2)cc1. The second kappa shape index (κ2) is 10.0. The maximum Gasteiger partial charge on any atom is 0.0702 e. The van der Waals surface area contributed by atoms with E-state index in [4.69, 9.17) is 4.98 Å². The van der Waals surface area contributed by atoms with Crippen LogP contribution >= 0.6 is 11.3 Å². The van der Waals surface area contributed by atoms with Crippen LogP contribution < -0.4 is 0 Å². The van der Waals surface area contributed by atoms with Crippen molar-refractivity contribution >= 4 is 53.3 Å². The summed E-state index contributed by atoms with van der Waals surface area (Å²) in [5.74, 6) is 0. The first-order valence-corrected chi connectivity index (χ1v) is 15.7. The van der Waals surface area contributed by atoms with Gasteiger partial charge in [-0.3, -0.25) is 4.98 Å². The molecule has 206 valence electrons. The summed E-state index contributed by atoms with van der Waals surface area (Å²) in [6.45, 7) is 0. The first-order chi connectivity index (χ1) is 21.8. The number of hydrogen-bond acceptors (Lipinski definition) is 2. The third kappa shape index (κ3) is 4.05. The highest BCUT2D eigenvalue weighted by atomic mass is 32.1. The lowest BCUT2D eigenvalue weighted by Crippen LogP contribution is -1.94. The molecule has 0 N–H and O–H groups in total. The van der Waals surface area contributed by atoms with Gasteiger partial charge in [0.15, 0.2) is 0 Å². The first kappa shape index (κ1) is 25.0. The van der Waals surface area contributed by atoms with E-state index in [9.17, 15) is 0 Å². The molecule has 3 heteroatoms. The molecule has 0 aliphatic rings. The van der Waals surface area contributed by atoms with E-state index >= 15 is 0 Å². The van der Waals surface area contributed by atoms with Crippen LogP contribution in [0.15, 0.2) is 158 Å². The van der Waals surface area contributed by atoms with Gasteiger partial charge < -0.3 is 4.57 Å². The molecule has 44 heavy (non-hydrogen) atoms. The van der Waals surface area contributed by atoms with Crippen molar-refractivity contribution in [1.82, 2.24) is 9.55 Å². The van der Waals surface area contributed by atoms with Gasteiger partial charge in [-0.25, -0.2) is 0 Å². The molecule has 3 aromatic heterocycles. The molecule has 0 saturated carbocycles. The van der Waals surface area contributed by atoms with Crippen LogP contribution in [0, 0.1) is 0 Å². The van der Waals surface area contributed by atoms with Crippen molar-refractivity contribution in [2.75, 3.05) is 0 Å². The zero-order valence-electron chi connectivity index (χ0n) is 23.8.